The fraction of sp³-hybridized carbons (Fsp3) is 0.111. The summed E-state index contributed by atoms with van der Waals surface area (Å²) in [6.07, 6.45) is 0.763. The molecule has 0 aliphatic carbocycles. The number of benzene rings is 2. The number of carbonyl (C=O) groups excluding carboxylic acids is 1. The van der Waals surface area contributed by atoms with Crippen LogP contribution in [0.1, 0.15) is 18.6 Å². The molecule has 3 aromatic rings. The van der Waals surface area contributed by atoms with E-state index in [0.29, 0.717) is 5.82 Å². The third-order valence-electron chi connectivity index (χ3n) is 3.50. The largest absolute Gasteiger partial charge is 0.441 e. The van der Waals surface area contributed by atoms with Crippen LogP contribution in [0.15, 0.2) is 71.3 Å². The van der Waals surface area contributed by atoms with Gasteiger partial charge in [0.15, 0.2) is 0 Å². The molecule has 1 heterocycles. The molecule has 1 N–H and O–H groups in total. The number of rotatable bonds is 4. The molecular formula is C18H16BrN3O2. The van der Waals surface area contributed by atoms with E-state index in [2.05, 4.69) is 26.3 Å². The van der Waals surface area contributed by atoms with Gasteiger partial charge in [-0.25, -0.2) is 9.48 Å². The molecular weight excluding hydrogens is 370 g/mol. The Hall–Kier alpha value is -2.60. The molecule has 1 unspecified atom stereocenters. The van der Waals surface area contributed by atoms with Crippen LogP contribution in [0.4, 0.5) is 10.6 Å². The number of nitrogens with zero attached hydrogens (tertiary/aromatic N) is 2. The summed E-state index contributed by atoms with van der Waals surface area (Å²) in [5.74, 6) is 0.544. The minimum atomic E-state index is -0.523. The molecule has 1 aromatic heterocycles. The van der Waals surface area contributed by atoms with E-state index in [1.807, 2.05) is 61.5 Å². The molecule has 0 saturated heterocycles. The summed E-state index contributed by atoms with van der Waals surface area (Å²) in [6.45, 7) is 1.83. The van der Waals surface area contributed by atoms with Crippen LogP contribution in [0.3, 0.4) is 0 Å². The fourth-order valence-electron chi connectivity index (χ4n) is 2.27. The average molecular weight is 386 g/mol. The first-order valence-corrected chi connectivity index (χ1v) is 8.25. The lowest BCUT2D eigenvalue weighted by Gasteiger charge is -2.14. The summed E-state index contributed by atoms with van der Waals surface area (Å²) < 4.78 is 8.04. The van der Waals surface area contributed by atoms with Gasteiger partial charge in [0, 0.05) is 10.5 Å². The van der Waals surface area contributed by atoms with Gasteiger partial charge in [0.1, 0.15) is 11.9 Å². The summed E-state index contributed by atoms with van der Waals surface area (Å²) in [6, 6.07) is 18.9. The van der Waals surface area contributed by atoms with Gasteiger partial charge in [-0.2, -0.15) is 5.10 Å². The highest BCUT2D eigenvalue weighted by molar-refractivity contribution is 9.10. The summed E-state index contributed by atoms with van der Waals surface area (Å²) in [5.41, 5.74) is 1.78. The van der Waals surface area contributed by atoms with Gasteiger partial charge in [0.25, 0.3) is 0 Å². The Balaban J connectivity index is 1.69. The van der Waals surface area contributed by atoms with Gasteiger partial charge in [0.05, 0.1) is 11.9 Å². The molecule has 0 aliphatic rings. The summed E-state index contributed by atoms with van der Waals surface area (Å²) in [4.78, 5) is 12.1. The first-order valence-electron chi connectivity index (χ1n) is 7.46. The number of hydrogen-bond acceptors (Lipinski definition) is 3. The van der Waals surface area contributed by atoms with Crippen molar-refractivity contribution in [2.75, 3.05) is 5.32 Å². The summed E-state index contributed by atoms with van der Waals surface area (Å²) in [5, 5.41) is 6.97. The summed E-state index contributed by atoms with van der Waals surface area (Å²) in [7, 11) is 0. The maximum absolute atomic E-state index is 12.1. The van der Waals surface area contributed by atoms with Crippen molar-refractivity contribution in [1.82, 2.24) is 9.78 Å². The molecule has 24 heavy (non-hydrogen) atoms. The Morgan fingerprint density at radius 2 is 1.83 bits per heavy atom. The van der Waals surface area contributed by atoms with Crippen molar-refractivity contribution in [2.24, 2.45) is 0 Å². The van der Waals surface area contributed by atoms with Crippen molar-refractivity contribution < 1.29 is 9.53 Å². The van der Waals surface area contributed by atoms with E-state index < -0.39 is 6.09 Å². The van der Waals surface area contributed by atoms with Crippen LogP contribution in [0.5, 0.6) is 0 Å². The van der Waals surface area contributed by atoms with Gasteiger partial charge >= 0.3 is 6.09 Å². The minimum absolute atomic E-state index is 0.338. The number of hydrogen-bond donors (Lipinski definition) is 1. The monoisotopic (exact) mass is 385 g/mol. The van der Waals surface area contributed by atoms with Crippen LogP contribution >= 0.6 is 15.9 Å². The number of halogens is 1. The normalized spacial score (nSPS) is 11.8. The van der Waals surface area contributed by atoms with Gasteiger partial charge in [-0.3, -0.25) is 5.32 Å². The van der Waals surface area contributed by atoms with E-state index in [1.54, 1.807) is 16.9 Å². The molecule has 0 aliphatic heterocycles. The number of amides is 1. The lowest BCUT2D eigenvalue weighted by molar-refractivity contribution is 0.121. The zero-order valence-electron chi connectivity index (χ0n) is 13.0. The zero-order valence-corrected chi connectivity index (χ0v) is 14.6. The van der Waals surface area contributed by atoms with Gasteiger partial charge in [-0.05, 0) is 36.8 Å². The van der Waals surface area contributed by atoms with Crippen molar-refractivity contribution in [3.8, 4) is 5.69 Å². The van der Waals surface area contributed by atoms with Crippen LogP contribution in [-0.4, -0.2) is 15.9 Å². The predicted octanol–water partition coefficient (Wildman–Crippen LogP) is 4.94. The van der Waals surface area contributed by atoms with E-state index in [4.69, 9.17) is 4.74 Å². The van der Waals surface area contributed by atoms with E-state index in [1.165, 1.54) is 0 Å². The fourth-order valence-corrected chi connectivity index (χ4v) is 2.54. The molecule has 0 radical (unpaired) electrons. The van der Waals surface area contributed by atoms with Gasteiger partial charge in [-0.1, -0.05) is 46.3 Å². The van der Waals surface area contributed by atoms with Gasteiger partial charge < -0.3 is 4.74 Å². The first kappa shape index (κ1) is 16.3. The number of ether oxygens (including phenoxy) is 1. The molecule has 1 amide bonds. The topological polar surface area (TPSA) is 56.1 Å². The van der Waals surface area contributed by atoms with Crippen molar-refractivity contribution in [1.29, 1.82) is 0 Å². The predicted molar refractivity (Wildman–Crippen MR) is 96.2 cm³/mol. The first-order chi connectivity index (χ1) is 11.6. The molecule has 5 nitrogen and oxygen atoms in total. The number of aromatic nitrogens is 2. The lowest BCUT2D eigenvalue weighted by Crippen LogP contribution is -2.18. The summed E-state index contributed by atoms with van der Waals surface area (Å²) >= 11 is 3.40. The molecule has 122 valence electrons. The average Bonchev–Trinajstić information content (AvgIpc) is 3.04. The molecule has 3 rings (SSSR count). The van der Waals surface area contributed by atoms with Crippen molar-refractivity contribution in [3.05, 3.63) is 76.9 Å². The highest BCUT2D eigenvalue weighted by Gasteiger charge is 2.14. The Morgan fingerprint density at radius 1 is 1.12 bits per heavy atom. The number of nitrogens with one attached hydrogen (secondary N) is 1. The van der Waals surface area contributed by atoms with E-state index >= 15 is 0 Å². The van der Waals surface area contributed by atoms with Gasteiger partial charge in [0.2, 0.25) is 0 Å². The third-order valence-corrected chi connectivity index (χ3v) is 4.03. The quantitative estimate of drug-likeness (QED) is 0.691. The second kappa shape index (κ2) is 7.31. The van der Waals surface area contributed by atoms with Crippen molar-refractivity contribution in [3.63, 3.8) is 0 Å². The standard InChI is InChI=1S/C18H16BrN3O2/c1-13(14-5-3-2-4-6-14)24-18(23)21-17-11-12-20-22(17)16-9-7-15(19)8-10-16/h2-13H,1H3,(H,21,23). The molecule has 2 aromatic carbocycles. The smallest absolute Gasteiger partial charge is 0.413 e. The van der Waals surface area contributed by atoms with E-state index in [0.717, 1.165) is 15.7 Å². The zero-order chi connectivity index (χ0) is 16.9. The molecule has 1 atom stereocenters. The highest BCUT2D eigenvalue weighted by Crippen LogP contribution is 2.20. The maximum Gasteiger partial charge on any atom is 0.413 e. The molecule has 0 spiro atoms. The van der Waals surface area contributed by atoms with Gasteiger partial charge in [-0.15, -0.1) is 0 Å². The van der Waals surface area contributed by atoms with Crippen LogP contribution in [0.25, 0.3) is 5.69 Å². The molecule has 6 heteroatoms. The SMILES string of the molecule is CC(OC(=O)Nc1ccnn1-c1ccc(Br)cc1)c1ccccc1. The second-order valence-corrected chi connectivity index (χ2v) is 6.10. The van der Waals surface area contributed by atoms with Crippen LogP contribution in [-0.2, 0) is 4.74 Å². The highest BCUT2D eigenvalue weighted by atomic mass is 79.9. The van der Waals surface area contributed by atoms with Crippen LogP contribution in [0, 0.1) is 0 Å². The van der Waals surface area contributed by atoms with E-state index in [-0.39, 0.29) is 6.10 Å². The number of anilines is 1. The Kier molecular flexibility index (Phi) is 4.96. The minimum Gasteiger partial charge on any atom is -0.441 e. The number of carbonyl (C=O) groups is 1. The Morgan fingerprint density at radius 3 is 2.54 bits per heavy atom. The Bertz CT molecular complexity index is 816. The lowest BCUT2D eigenvalue weighted by atomic mass is 10.1. The molecule has 0 saturated carbocycles. The molecule has 0 bridgehead atoms. The Labute approximate surface area is 148 Å². The third kappa shape index (κ3) is 3.83. The second-order valence-electron chi connectivity index (χ2n) is 5.19. The van der Waals surface area contributed by atoms with Crippen LogP contribution < -0.4 is 5.32 Å². The van der Waals surface area contributed by atoms with Crippen molar-refractivity contribution in [2.45, 2.75) is 13.0 Å². The molecule has 0 fully saturated rings. The van der Waals surface area contributed by atoms with Crippen molar-refractivity contribution >= 4 is 27.8 Å². The van der Waals surface area contributed by atoms with E-state index in [9.17, 15) is 4.79 Å². The maximum atomic E-state index is 12.1. The van der Waals surface area contributed by atoms with Crippen LogP contribution in [0.2, 0.25) is 0 Å².